The molecule has 1 aliphatic carbocycles. The molecule has 3 N–H and O–H groups in total. The molecule has 2 atom stereocenters. The van der Waals surface area contributed by atoms with E-state index < -0.39 is 12.2 Å². The van der Waals surface area contributed by atoms with Crippen LogP contribution in [0.4, 0.5) is 23.0 Å². The number of hydrogen-bond donors (Lipinski definition) is 3. The van der Waals surface area contributed by atoms with Crippen LogP contribution in [0.1, 0.15) is 30.7 Å². The minimum atomic E-state index is -0.821. The van der Waals surface area contributed by atoms with Crippen LogP contribution < -0.4 is 15.1 Å². The molecule has 7 rings (SSSR count). The number of rotatable bonds is 6. The predicted octanol–water partition coefficient (Wildman–Crippen LogP) is 3.48. The van der Waals surface area contributed by atoms with Gasteiger partial charge in [0.1, 0.15) is 11.6 Å². The monoisotopic (exact) mass is 539 g/mol. The largest absolute Gasteiger partial charge is 0.390 e. The van der Waals surface area contributed by atoms with E-state index in [1.807, 2.05) is 30.5 Å². The number of nitrogens with zero attached hydrogens (tertiary/aromatic N) is 6. The van der Waals surface area contributed by atoms with Crippen molar-refractivity contribution in [1.29, 1.82) is 0 Å². The van der Waals surface area contributed by atoms with Crippen LogP contribution in [-0.2, 0) is 4.74 Å². The van der Waals surface area contributed by atoms with Crippen molar-refractivity contribution in [2.45, 2.75) is 37.4 Å². The van der Waals surface area contributed by atoms with Gasteiger partial charge in [0.25, 0.3) is 0 Å². The van der Waals surface area contributed by atoms with Crippen LogP contribution in [-0.4, -0.2) is 81.7 Å². The summed E-state index contributed by atoms with van der Waals surface area (Å²) in [6.07, 6.45) is 6.70. The summed E-state index contributed by atoms with van der Waals surface area (Å²) in [5.41, 5.74) is 4.89. The molecular formula is C30H33N7O3. The average molecular weight is 540 g/mol. The van der Waals surface area contributed by atoms with Gasteiger partial charge in [0.2, 0.25) is 0 Å². The molecule has 5 heterocycles. The first kappa shape index (κ1) is 25.1. The van der Waals surface area contributed by atoms with E-state index in [1.165, 1.54) is 0 Å². The van der Waals surface area contributed by atoms with Crippen LogP contribution >= 0.6 is 0 Å². The van der Waals surface area contributed by atoms with Gasteiger partial charge in [-0.25, -0.2) is 15.0 Å². The Bertz CT molecular complexity index is 1520. The summed E-state index contributed by atoms with van der Waals surface area (Å²) in [7, 11) is 0. The number of β-amino-alcohol motifs (C(OH)–C–C–N with tert-alkyl or cyclic N) is 1. The smallest absolute Gasteiger partial charge is 0.162 e. The zero-order chi connectivity index (χ0) is 27.1. The lowest BCUT2D eigenvalue weighted by atomic mass is 10.0. The summed E-state index contributed by atoms with van der Waals surface area (Å²) >= 11 is 0. The van der Waals surface area contributed by atoms with Gasteiger partial charge in [-0.1, -0.05) is 6.07 Å². The molecule has 1 saturated carbocycles. The Kier molecular flexibility index (Phi) is 6.66. The number of aromatic nitrogens is 4. The maximum Gasteiger partial charge on any atom is 0.162 e. The fourth-order valence-electron chi connectivity index (χ4n) is 5.65. The fraction of sp³-hybridized carbons (Fsp3) is 0.400. The summed E-state index contributed by atoms with van der Waals surface area (Å²) in [6, 6.07) is 12.2. The zero-order valence-corrected chi connectivity index (χ0v) is 22.3. The van der Waals surface area contributed by atoms with Gasteiger partial charge in [0.15, 0.2) is 5.82 Å². The summed E-state index contributed by atoms with van der Waals surface area (Å²) < 4.78 is 5.50. The van der Waals surface area contributed by atoms with Crippen molar-refractivity contribution in [1.82, 2.24) is 19.9 Å². The quantitative estimate of drug-likeness (QED) is 0.336. The molecule has 10 heteroatoms. The lowest BCUT2D eigenvalue weighted by Crippen LogP contribution is -2.47. The van der Waals surface area contributed by atoms with Gasteiger partial charge in [-0.05, 0) is 61.1 Å². The maximum atomic E-state index is 10.5. The summed E-state index contributed by atoms with van der Waals surface area (Å²) in [5, 5.41) is 25.0. The van der Waals surface area contributed by atoms with Crippen LogP contribution in [0.5, 0.6) is 0 Å². The Hall–Kier alpha value is -3.86. The number of aliphatic hydroxyl groups excluding tert-OH is 2. The maximum absolute atomic E-state index is 10.5. The normalized spacial score (nSPS) is 21.6. The molecule has 0 bridgehead atoms. The number of piperidine rings is 1. The lowest BCUT2D eigenvalue weighted by Gasteiger charge is -2.35. The van der Waals surface area contributed by atoms with E-state index in [0.717, 1.165) is 78.4 Å². The molecule has 4 aromatic rings. The van der Waals surface area contributed by atoms with E-state index in [0.29, 0.717) is 37.1 Å². The second kappa shape index (κ2) is 10.6. The van der Waals surface area contributed by atoms with Crippen molar-refractivity contribution in [3.8, 4) is 11.4 Å². The first-order valence-corrected chi connectivity index (χ1v) is 14.1. The summed E-state index contributed by atoms with van der Waals surface area (Å²) in [5.74, 6) is 2.53. The molecule has 40 heavy (non-hydrogen) atoms. The van der Waals surface area contributed by atoms with Gasteiger partial charge in [0, 0.05) is 60.9 Å². The molecule has 2 saturated heterocycles. The molecule has 0 radical (unpaired) electrons. The Morgan fingerprint density at radius 1 is 0.900 bits per heavy atom. The number of hydrogen-bond acceptors (Lipinski definition) is 10. The number of pyridine rings is 2. The van der Waals surface area contributed by atoms with E-state index in [9.17, 15) is 10.2 Å². The van der Waals surface area contributed by atoms with E-state index in [1.54, 1.807) is 12.4 Å². The molecular weight excluding hydrogens is 506 g/mol. The Balaban J connectivity index is 1.23. The second-order valence-electron chi connectivity index (χ2n) is 10.8. The third-order valence-corrected chi connectivity index (χ3v) is 7.99. The van der Waals surface area contributed by atoms with Crippen LogP contribution in [0.15, 0.2) is 55.0 Å². The first-order chi connectivity index (χ1) is 19.6. The Morgan fingerprint density at radius 2 is 1.77 bits per heavy atom. The third-order valence-electron chi connectivity index (χ3n) is 7.99. The molecule has 3 fully saturated rings. The number of benzene rings is 1. The minimum Gasteiger partial charge on any atom is -0.390 e. The summed E-state index contributed by atoms with van der Waals surface area (Å²) in [6.45, 7) is 4.17. The van der Waals surface area contributed by atoms with E-state index >= 15 is 0 Å². The van der Waals surface area contributed by atoms with Crippen LogP contribution in [0.2, 0.25) is 0 Å². The number of nitrogens with one attached hydrogen (secondary N) is 1. The molecule has 2 aliphatic heterocycles. The van der Waals surface area contributed by atoms with Crippen LogP contribution in [0.3, 0.4) is 0 Å². The zero-order valence-electron chi connectivity index (χ0n) is 22.3. The number of ether oxygens (including phenoxy) is 1. The van der Waals surface area contributed by atoms with Gasteiger partial charge in [-0.2, -0.15) is 0 Å². The van der Waals surface area contributed by atoms with Crippen LogP contribution in [0.25, 0.3) is 22.3 Å². The second-order valence-corrected chi connectivity index (χ2v) is 10.8. The molecule has 206 valence electrons. The standard InChI is InChI=1S/C30H33N7O3/c38-25-7-9-37(18-26(25)39)30-28-23(19-4-5-19)16-31-17-24(28)34-29(35-30)20-6-8-32-27(14-20)33-21-2-1-3-22(15-21)36-10-12-40-13-11-36/h1-3,6,8,14-17,19,25-26,38-39H,4-5,7,9-13,18H2,(H,32,33)/t25-,26+/m1/s1. The summed E-state index contributed by atoms with van der Waals surface area (Å²) in [4.78, 5) is 23.5. The number of anilines is 4. The highest BCUT2D eigenvalue weighted by Gasteiger charge is 2.32. The lowest BCUT2D eigenvalue weighted by molar-refractivity contribution is 0.00792. The Morgan fingerprint density at radius 3 is 2.60 bits per heavy atom. The number of fused-ring (bicyclic) bond motifs is 1. The van der Waals surface area contributed by atoms with Crippen molar-refractivity contribution in [2.75, 3.05) is 54.5 Å². The highest BCUT2D eigenvalue weighted by atomic mass is 16.5. The van der Waals surface area contributed by atoms with Crippen molar-refractivity contribution < 1.29 is 14.9 Å². The van der Waals surface area contributed by atoms with Crippen molar-refractivity contribution >= 4 is 33.9 Å². The minimum absolute atomic E-state index is 0.321. The highest BCUT2D eigenvalue weighted by Crippen LogP contribution is 2.45. The topological polar surface area (TPSA) is 120 Å². The van der Waals surface area contributed by atoms with Gasteiger partial charge in [0.05, 0.1) is 37.1 Å². The average Bonchev–Trinajstić information content (AvgIpc) is 3.84. The molecule has 3 aromatic heterocycles. The van der Waals surface area contributed by atoms with Gasteiger partial charge in [-0.15, -0.1) is 0 Å². The van der Waals surface area contributed by atoms with E-state index in [2.05, 4.69) is 37.2 Å². The molecule has 1 aromatic carbocycles. The van der Waals surface area contributed by atoms with Crippen molar-refractivity contribution in [3.05, 3.63) is 60.6 Å². The first-order valence-electron chi connectivity index (χ1n) is 14.1. The predicted molar refractivity (Wildman–Crippen MR) is 154 cm³/mol. The molecule has 0 spiro atoms. The van der Waals surface area contributed by atoms with Gasteiger partial charge in [-0.3, -0.25) is 4.98 Å². The fourth-order valence-corrected chi connectivity index (χ4v) is 5.65. The van der Waals surface area contributed by atoms with E-state index in [4.69, 9.17) is 14.7 Å². The number of aliphatic hydroxyl groups is 2. The van der Waals surface area contributed by atoms with Crippen LogP contribution in [0, 0.1) is 0 Å². The highest BCUT2D eigenvalue weighted by molar-refractivity contribution is 5.94. The third kappa shape index (κ3) is 5.05. The van der Waals surface area contributed by atoms with Crippen molar-refractivity contribution in [3.63, 3.8) is 0 Å². The molecule has 3 aliphatic rings. The van der Waals surface area contributed by atoms with Gasteiger partial charge >= 0.3 is 0 Å². The van der Waals surface area contributed by atoms with E-state index in [-0.39, 0.29) is 0 Å². The SMILES string of the molecule is O[C@@H]1CCN(c2nc(-c3ccnc(Nc4cccc(N5CCOCC5)c4)c3)nc3cncc(C4CC4)c23)C[C@@H]1O. The van der Waals surface area contributed by atoms with Gasteiger partial charge < -0.3 is 30.1 Å². The molecule has 0 unspecified atom stereocenters. The van der Waals surface area contributed by atoms with Crippen molar-refractivity contribution in [2.24, 2.45) is 0 Å². The Labute approximate surface area is 232 Å². The number of morpholine rings is 1. The molecule has 10 nitrogen and oxygen atoms in total. The molecule has 0 amide bonds.